The SMILES string of the molecule is C[C@@H](NC(=O)N1CCC2(CCC(=O)N(C3CC3)C2)CC1)c1ccc(F)cc1. The summed E-state index contributed by atoms with van der Waals surface area (Å²) in [7, 11) is 0. The predicted molar refractivity (Wildman–Crippen MR) is 101 cm³/mol. The van der Waals surface area contributed by atoms with Gasteiger partial charge in [-0.2, -0.15) is 0 Å². The van der Waals surface area contributed by atoms with Crippen LogP contribution >= 0.6 is 0 Å². The highest BCUT2D eigenvalue weighted by molar-refractivity contribution is 5.78. The molecule has 4 rings (SSSR count). The Hall–Kier alpha value is -2.11. The molecule has 1 aliphatic carbocycles. The smallest absolute Gasteiger partial charge is 0.317 e. The van der Waals surface area contributed by atoms with Crippen LogP contribution in [0.1, 0.15) is 57.1 Å². The molecule has 6 heteroatoms. The molecule has 27 heavy (non-hydrogen) atoms. The Morgan fingerprint density at radius 3 is 2.48 bits per heavy atom. The molecule has 3 amide bonds. The summed E-state index contributed by atoms with van der Waals surface area (Å²) in [6.45, 7) is 4.25. The minimum absolute atomic E-state index is 0.0624. The number of piperidine rings is 2. The van der Waals surface area contributed by atoms with Crippen molar-refractivity contribution in [3.8, 4) is 0 Å². The number of benzene rings is 1. The normalized spacial score (nSPS) is 23.4. The molecule has 1 aromatic rings. The number of likely N-dealkylation sites (tertiary alicyclic amines) is 2. The molecule has 2 aliphatic heterocycles. The second kappa shape index (κ2) is 7.13. The summed E-state index contributed by atoms with van der Waals surface area (Å²) in [5, 5.41) is 3.02. The van der Waals surface area contributed by atoms with Crippen molar-refractivity contribution in [2.24, 2.45) is 5.41 Å². The van der Waals surface area contributed by atoms with Gasteiger partial charge >= 0.3 is 6.03 Å². The Morgan fingerprint density at radius 1 is 1.19 bits per heavy atom. The lowest BCUT2D eigenvalue weighted by Gasteiger charge is -2.47. The van der Waals surface area contributed by atoms with Gasteiger partial charge in [-0.15, -0.1) is 0 Å². The van der Waals surface area contributed by atoms with E-state index in [0.717, 1.165) is 57.3 Å². The van der Waals surface area contributed by atoms with Crippen LogP contribution in [-0.4, -0.2) is 47.4 Å². The number of nitrogens with one attached hydrogen (secondary N) is 1. The van der Waals surface area contributed by atoms with Crippen molar-refractivity contribution in [2.75, 3.05) is 19.6 Å². The van der Waals surface area contributed by atoms with E-state index >= 15 is 0 Å². The lowest BCUT2D eigenvalue weighted by atomic mass is 9.72. The zero-order valence-corrected chi connectivity index (χ0v) is 15.9. The Labute approximate surface area is 159 Å². The monoisotopic (exact) mass is 373 g/mol. The highest BCUT2D eigenvalue weighted by Gasteiger charge is 2.45. The average Bonchev–Trinajstić information content (AvgIpc) is 3.50. The van der Waals surface area contributed by atoms with Crippen LogP contribution in [0, 0.1) is 11.2 Å². The molecule has 3 aliphatic rings. The van der Waals surface area contributed by atoms with E-state index in [2.05, 4.69) is 10.2 Å². The van der Waals surface area contributed by atoms with E-state index in [4.69, 9.17) is 0 Å². The van der Waals surface area contributed by atoms with Crippen molar-refractivity contribution in [1.82, 2.24) is 15.1 Å². The molecule has 3 fully saturated rings. The first-order chi connectivity index (χ1) is 13.0. The third kappa shape index (κ3) is 3.94. The van der Waals surface area contributed by atoms with E-state index in [1.54, 1.807) is 12.1 Å². The lowest BCUT2D eigenvalue weighted by Crippen LogP contribution is -2.54. The topological polar surface area (TPSA) is 52.7 Å². The minimum Gasteiger partial charge on any atom is -0.339 e. The van der Waals surface area contributed by atoms with Gasteiger partial charge in [-0.25, -0.2) is 9.18 Å². The van der Waals surface area contributed by atoms with Crippen LogP contribution in [-0.2, 0) is 4.79 Å². The highest BCUT2D eigenvalue weighted by Crippen LogP contribution is 2.43. The van der Waals surface area contributed by atoms with Crippen LogP contribution in [0.2, 0.25) is 0 Å². The van der Waals surface area contributed by atoms with Crippen molar-refractivity contribution in [3.05, 3.63) is 35.6 Å². The minimum atomic E-state index is -0.273. The molecule has 2 heterocycles. The molecule has 5 nitrogen and oxygen atoms in total. The summed E-state index contributed by atoms with van der Waals surface area (Å²) in [5.74, 6) is 0.0428. The fraction of sp³-hybridized carbons (Fsp3) is 0.619. The Bertz CT molecular complexity index is 709. The van der Waals surface area contributed by atoms with Gasteiger partial charge in [0.25, 0.3) is 0 Å². The Balaban J connectivity index is 1.31. The first-order valence-corrected chi connectivity index (χ1v) is 10.1. The van der Waals surface area contributed by atoms with E-state index in [-0.39, 0.29) is 23.3 Å². The largest absolute Gasteiger partial charge is 0.339 e. The van der Waals surface area contributed by atoms with E-state index < -0.39 is 0 Å². The van der Waals surface area contributed by atoms with Gasteiger partial charge in [0.05, 0.1) is 6.04 Å². The molecule has 0 unspecified atom stereocenters. The van der Waals surface area contributed by atoms with E-state index in [0.29, 0.717) is 18.4 Å². The van der Waals surface area contributed by atoms with Gasteiger partial charge in [-0.05, 0) is 62.1 Å². The number of carbonyl (C=O) groups is 2. The van der Waals surface area contributed by atoms with Crippen LogP contribution in [0.5, 0.6) is 0 Å². The molecule has 1 spiro atoms. The van der Waals surface area contributed by atoms with E-state index in [1.165, 1.54) is 12.1 Å². The summed E-state index contributed by atoms with van der Waals surface area (Å²) in [5.41, 5.74) is 1.08. The molecule has 0 radical (unpaired) electrons. The van der Waals surface area contributed by atoms with Crippen molar-refractivity contribution < 1.29 is 14.0 Å². The zero-order valence-electron chi connectivity index (χ0n) is 15.9. The van der Waals surface area contributed by atoms with Gasteiger partial charge in [0.2, 0.25) is 5.91 Å². The number of amides is 3. The first kappa shape index (κ1) is 18.3. The number of carbonyl (C=O) groups excluding carboxylic acids is 2. The van der Waals surface area contributed by atoms with Crippen LogP contribution in [0.15, 0.2) is 24.3 Å². The second-order valence-electron chi connectivity index (χ2n) is 8.46. The van der Waals surface area contributed by atoms with Crippen molar-refractivity contribution >= 4 is 11.9 Å². The third-order valence-corrected chi connectivity index (χ3v) is 6.50. The third-order valence-electron chi connectivity index (χ3n) is 6.50. The maximum atomic E-state index is 13.1. The van der Waals surface area contributed by atoms with Gasteiger partial charge < -0.3 is 15.1 Å². The fourth-order valence-corrected chi connectivity index (χ4v) is 4.47. The summed E-state index contributed by atoms with van der Waals surface area (Å²) in [6, 6.07) is 6.50. The van der Waals surface area contributed by atoms with Crippen LogP contribution in [0.4, 0.5) is 9.18 Å². The summed E-state index contributed by atoms with van der Waals surface area (Å²) in [6.07, 6.45) is 5.83. The standard InChI is InChI=1S/C21H28FN3O2/c1-15(16-2-4-17(22)5-3-16)23-20(27)24-12-10-21(11-13-24)9-8-19(26)25(14-21)18-6-7-18/h2-5,15,18H,6-14H2,1H3,(H,23,27)/t15-/m1/s1. The van der Waals surface area contributed by atoms with Gasteiger partial charge in [-0.3, -0.25) is 4.79 Å². The molecule has 1 saturated carbocycles. The Kier molecular flexibility index (Phi) is 4.82. The molecular weight excluding hydrogens is 345 g/mol. The number of halogens is 1. The Morgan fingerprint density at radius 2 is 1.85 bits per heavy atom. The van der Waals surface area contributed by atoms with Crippen LogP contribution in [0.3, 0.4) is 0 Å². The number of hydrogen-bond donors (Lipinski definition) is 1. The zero-order chi connectivity index (χ0) is 19.0. The number of rotatable bonds is 3. The van der Waals surface area contributed by atoms with Gasteiger partial charge in [0, 0.05) is 32.1 Å². The maximum Gasteiger partial charge on any atom is 0.317 e. The number of hydrogen-bond acceptors (Lipinski definition) is 2. The first-order valence-electron chi connectivity index (χ1n) is 10.1. The quantitative estimate of drug-likeness (QED) is 0.882. The summed E-state index contributed by atoms with van der Waals surface area (Å²) < 4.78 is 13.1. The molecule has 2 saturated heterocycles. The van der Waals surface area contributed by atoms with Crippen molar-refractivity contribution in [1.29, 1.82) is 0 Å². The lowest BCUT2D eigenvalue weighted by molar-refractivity contribution is -0.139. The molecule has 0 bridgehead atoms. The van der Waals surface area contributed by atoms with Crippen molar-refractivity contribution in [3.63, 3.8) is 0 Å². The van der Waals surface area contributed by atoms with E-state index in [9.17, 15) is 14.0 Å². The van der Waals surface area contributed by atoms with Gasteiger partial charge in [-0.1, -0.05) is 12.1 Å². The molecule has 0 aromatic heterocycles. The molecule has 1 atom stereocenters. The molecular formula is C21H28FN3O2. The molecule has 1 aromatic carbocycles. The molecule has 1 N–H and O–H groups in total. The number of urea groups is 1. The average molecular weight is 373 g/mol. The van der Waals surface area contributed by atoms with Gasteiger partial charge in [0.15, 0.2) is 0 Å². The predicted octanol–water partition coefficient (Wildman–Crippen LogP) is 3.46. The van der Waals surface area contributed by atoms with Crippen molar-refractivity contribution in [2.45, 2.75) is 57.5 Å². The van der Waals surface area contributed by atoms with E-state index in [1.807, 2.05) is 11.8 Å². The summed E-state index contributed by atoms with van der Waals surface area (Å²) in [4.78, 5) is 28.8. The maximum absolute atomic E-state index is 13.1. The highest BCUT2D eigenvalue weighted by atomic mass is 19.1. The van der Waals surface area contributed by atoms with Crippen LogP contribution < -0.4 is 5.32 Å². The second-order valence-corrected chi connectivity index (χ2v) is 8.46. The summed E-state index contributed by atoms with van der Waals surface area (Å²) >= 11 is 0. The van der Waals surface area contributed by atoms with Crippen LogP contribution in [0.25, 0.3) is 0 Å². The van der Waals surface area contributed by atoms with Gasteiger partial charge in [0.1, 0.15) is 5.82 Å². The fourth-order valence-electron chi connectivity index (χ4n) is 4.47. The number of nitrogens with zero attached hydrogens (tertiary/aromatic N) is 2. The molecule has 146 valence electrons.